The van der Waals surface area contributed by atoms with Gasteiger partial charge in [-0.2, -0.15) is 0 Å². The van der Waals surface area contributed by atoms with Crippen molar-refractivity contribution in [2.45, 2.75) is 45.6 Å². The van der Waals surface area contributed by atoms with Crippen LogP contribution in [-0.2, 0) is 38.1 Å². The van der Waals surface area contributed by atoms with E-state index in [2.05, 4.69) is 27.0 Å². The molecule has 5 N–H and O–H groups in total. The predicted molar refractivity (Wildman–Crippen MR) is 226 cm³/mol. The maximum Gasteiger partial charge on any atom is 0.307 e. The van der Waals surface area contributed by atoms with Crippen molar-refractivity contribution in [3.8, 4) is 16.9 Å². The van der Waals surface area contributed by atoms with Crippen molar-refractivity contribution >= 4 is 34.9 Å². The Morgan fingerprint density at radius 1 is 0.810 bits per heavy atom. The molecular weight excluding hydrogens is 743 g/mol. The Kier molecular flexibility index (Phi) is 23.7. The number of rotatable bonds is 28. The van der Waals surface area contributed by atoms with Crippen LogP contribution in [0.4, 0.5) is 5.82 Å². The quantitative estimate of drug-likeness (QED) is 0.0328. The van der Waals surface area contributed by atoms with Gasteiger partial charge < -0.3 is 50.1 Å². The molecule has 0 saturated heterocycles. The number of pyridine rings is 1. The van der Waals surface area contributed by atoms with Gasteiger partial charge in [-0.25, -0.2) is 4.98 Å². The van der Waals surface area contributed by atoms with Crippen LogP contribution in [0.25, 0.3) is 21.9 Å². The molecule has 1 atom stereocenters. The number of fused-ring (bicyclic) bond motifs is 1. The van der Waals surface area contributed by atoms with Gasteiger partial charge in [0.2, 0.25) is 12.3 Å². The number of ether oxygens (including phenoxy) is 6. The summed E-state index contributed by atoms with van der Waals surface area (Å²) in [7, 11) is 1.33. The Morgan fingerprint density at radius 3 is 2.09 bits per heavy atom. The normalized spacial score (nSPS) is 11.2. The zero-order valence-corrected chi connectivity index (χ0v) is 34.2. The highest BCUT2D eigenvalue weighted by Crippen LogP contribution is 2.35. The molecule has 0 fully saturated rings. The van der Waals surface area contributed by atoms with Crippen LogP contribution in [0.3, 0.4) is 0 Å². The molecule has 0 aliphatic rings. The van der Waals surface area contributed by atoms with E-state index in [1.807, 2.05) is 80.6 Å². The molecule has 58 heavy (non-hydrogen) atoms. The first-order valence-corrected chi connectivity index (χ1v) is 19.9. The van der Waals surface area contributed by atoms with Crippen LogP contribution in [0.5, 0.6) is 5.75 Å². The third-order valence-corrected chi connectivity index (χ3v) is 8.67. The van der Waals surface area contributed by atoms with Crippen molar-refractivity contribution in [3.63, 3.8) is 0 Å². The Morgan fingerprint density at radius 2 is 1.47 bits per heavy atom. The molecule has 0 radical (unpaired) electrons. The zero-order chi connectivity index (χ0) is 41.6. The summed E-state index contributed by atoms with van der Waals surface area (Å²) < 4.78 is 32.6. The second-order valence-corrected chi connectivity index (χ2v) is 13.0. The first kappa shape index (κ1) is 47.3. The summed E-state index contributed by atoms with van der Waals surface area (Å²) in [6.45, 7) is 10.5. The Bertz CT molecular complexity index is 1760. The molecule has 4 rings (SSSR count). The number of esters is 1. The van der Waals surface area contributed by atoms with Gasteiger partial charge in [0.05, 0.1) is 72.4 Å². The molecule has 3 aromatic carbocycles. The van der Waals surface area contributed by atoms with E-state index < -0.39 is 12.0 Å². The standard InChI is InChI=1S/C31H40N2O8.C13H21N3O/c1-36-31(35)22-29(33-23-34)25-8-6-24(7-9-25)26-10-11-30(28-5-3-2-4-27(26)28)41-21-20-40-19-18-39-17-16-38-15-14-37-13-12-32;1-3-14-13(17)6-4-5-8-15-12-10-11(2)7-9-16-12/h2-11,23,29H,12-22,32H2,1H3,(H,33,34);7,9-10H,3-6,8H2,1-2H3,(H,14,17)(H,15,16). The topological polar surface area (TPSA) is 182 Å². The monoisotopic (exact) mass is 803 g/mol. The van der Waals surface area contributed by atoms with Gasteiger partial charge in [0.25, 0.3) is 0 Å². The fourth-order valence-electron chi connectivity index (χ4n) is 5.75. The van der Waals surface area contributed by atoms with E-state index in [0.717, 1.165) is 58.4 Å². The first-order valence-electron chi connectivity index (χ1n) is 19.9. The van der Waals surface area contributed by atoms with Crippen LogP contribution in [0, 0.1) is 6.92 Å². The Hall–Kier alpha value is -5.12. The first-order chi connectivity index (χ1) is 28.4. The molecule has 0 spiro atoms. The number of nitrogens with zero attached hydrogens (tertiary/aromatic N) is 1. The average molecular weight is 804 g/mol. The van der Waals surface area contributed by atoms with Gasteiger partial charge in [-0.05, 0) is 72.5 Å². The second kappa shape index (κ2) is 29.1. The molecule has 14 heteroatoms. The minimum Gasteiger partial charge on any atom is -0.491 e. The fraction of sp³-hybridized carbons (Fsp3) is 0.455. The third-order valence-electron chi connectivity index (χ3n) is 8.67. The molecule has 1 heterocycles. The average Bonchev–Trinajstić information content (AvgIpc) is 3.24. The number of amides is 2. The molecular formula is C44H61N5O9. The van der Waals surface area contributed by atoms with Gasteiger partial charge in [0.15, 0.2) is 0 Å². The number of unbranched alkanes of at least 4 members (excludes halogenated alkanes) is 1. The summed E-state index contributed by atoms with van der Waals surface area (Å²) in [5, 5.41) is 10.8. The maximum atomic E-state index is 11.7. The largest absolute Gasteiger partial charge is 0.491 e. The van der Waals surface area contributed by atoms with Gasteiger partial charge in [-0.3, -0.25) is 14.4 Å². The van der Waals surface area contributed by atoms with Crippen LogP contribution in [0.1, 0.15) is 49.8 Å². The number of hydrogen-bond acceptors (Lipinski definition) is 12. The van der Waals surface area contributed by atoms with E-state index in [1.54, 1.807) is 6.20 Å². The molecule has 0 aliphatic heterocycles. The Labute approximate surface area is 342 Å². The summed E-state index contributed by atoms with van der Waals surface area (Å²) >= 11 is 0. The molecule has 316 valence electrons. The number of nitrogens with one attached hydrogen (secondary N) is 3. The SMILES string of the molecule is CCNC(=O)CCCCNc1cc(C)ccn1.COC(=O)CC(NC=O)c1ccc(-c2ccc(OCCOCCOCCOCCOCCN)c3ccccc23)cc1. The molecule has 0 aliphatic carbocycles. The number of carbonyl (C=O) groups is 3. The van der Waals surface area contributed by atoms with Crippen LogP contribution in [-0.4, -0.2) is 109 Å². The van der Waals surface area contributed by atoms with E-state index in [4.69, 9.17) is 34.2 Å². The molecule has 1 aromatic heterocycles. The lowest BCUT2D eigenvalue weighted by Gasteiger charge is -2.16. The Balaban J connectivity index is 0.000000442. The van der Waals surface area contributed by atoms with Crippen molar-refractivity contribution in [2.75, 3.05) is 91.5 Å². The maximum absolute atomic E-state index is 11.7. The summed E-state index contributed by atoms with van der Waals surface area (Å²) in [4.78, 5) is 38.2. The number of aryl methyl sites for hydroxylation is 1. The zero-order valence-electron chi connectivity index (χ0n) is 34.2. The predicted octanol–water partition coefficient (Wildman–Crippen LogP) is 5.37. The van der Waals surface area contributed by atoms with Gasteiger partial charge in [-0.15, -0.1) is 0 Å². The van der Waals surface area contributed by atoms with Crippen molar-refractivity contribution in [1.29, 1.82) is 0 Å². The number of methoxy groups -OCH3 is 1. The number of nitrogens with two attached hydrogens (primary N) is 1. The minimum atomic E-state index is -0.457. The van der Waals surface area contributed by atoms with E-state index in [-0.39, 0.29) is 12.3 Å². The van der Waals surface area contributed by atoms with E-state index in [9.17, 15) is 14.4 Å². The van der Waals surface area contributed by atoms with Crippen LogP contribution < -0.4 is 26.4 Å². The highest BCUT2D eigenvalue weighted by molar-refractivity contribution is 6.00. The third kappa shape index (κ3) is 18.4. The number of hydrogen-bond donors (Lipinski definition) is 4. The summed E-state index contributed by atoms with van der Waals surface area (Å²) in [6, 6.07) is 23.4. The smallest absolute Gasteiger partial charge is 0.307 e. The lowest BCUT2D eigenvalue weighted by molar-refractivity contribution is -0.141. The molecule has 14 nitrogen and oxygen atoms in total. The molecule has 1 unspecified atom stereocenters. The van der Waals surface area contributed by atoms with Crippen molar-refractivity contribution in [1.82, 2.24) is 15.6 Å². The lowest BCUT2D eigenvalue weighted by Crippen LogP contribution is -2.23. The van der Waals surface area contributed by atoms with E-state index >= 15 is 0 Å². The van der Waals surface area contributed by atoms with Crippen molar-refractivity contribution < 1.29 is 42.8 Å². The van der Waals surface area contributed by atoms with Gasteiger partial charge in [0.1, 0.15) is 18.2 Å². The van der Waals surface area contributed by atoms with E-state index in [0.29, 0.717) is 85.4 Å². The van der Waals surface area contributed by atoms with Crippen LogP contribution in [0.2, 0.25) is 0 Å². The highest BCUT2D eigenvalue weighted by Gasteiger charge is 2.16. The second-order valence-electron chi connectivity index (χ2n) is 13.0. The number of carbonyl (C=O) groups excluding carboxylic acids is 3. The number of anilines is 1. The summed E-state index contributed by atoms with van der Waals surface area (Å²) in [5.74, 6) is 1.43. The molecule has 0 saturated carbocycles. The molecule has 2 amide bonds. The lowest BCUT2D eigenvalue weighted by atomic mass is 9.95. The number of aromatic nitrogens is 1. The van der Waals surface area contributed by atoms with Crippen molar-refractivity contribution in [3.05, 3.63) is 90.1 Å². The van der Waals surface area contributed by atoms with Crippen molar-refractivity contribution in [2.24, 2.45) is 5.73 Å². The van der Waals surface area contributed by atoms with Crippen LogP contribution >= 0.6 is 0 Å². The van der Waals surface area contributed by atoms with Gasteiger partial charge >= 0.3 is 5.97 Å². The fourth-order valence-corrected chi connectivity index (χ4v) is 5.75. The minimum absolute atomic E-state index is 0.0573. The highest BCUT2D eigenvalue weighted by atomic mass is 16.6. The van der Waals surface area contributed by atoms with Crippen LogP contribution in [0.15, 0.2) is 79.0 Å². The van der Waals surface area contributed by atoms with Gasteiger partial charge in [-0.1, -0.05) is 54.6 Å². The van der Waals surface area contributed by atoms with E-state index in [1.165, 1.54) is 12.7 Å². The molecule has 0 bridgehead atoms. The number of benzene rings is 3. The van der Waals surface area contributed by atoms with Gasteiger partial charge in [0, 0.05) is 37.6 Å². The molecule has 4 aromatic rings. The summed E-state index contributed by atoms with van der Waals surface area (Å²) in [6.07, 6.45) is 4.94. The summed E-state index contributed by atoms with van der Waals surface area (Å²) in [5.41, 5.74) is 9.42.